The van der Waals surface area contributed by atoms with E-state index in [4.69, 9.17) is 4.74 Å². The number of carbonyl (C=O) groups is 1. The summed E-state index contributed by atoms with van der Waals surface area (Å²) >= 11 is 0. The molecule has 1 aliphatic heterocycles. The van der Waals surface area contributed by atoms with E-state index in [1.54, 1.807) is 12.1 Å². The van der Waals surface area contributed by atoms with E-state index in [9.17, 15) is 13.2 Å². The molecule has 30 heavy (non-hydrogen) atoms. The molecule has 6 nitrogen and oxygen atoms in total. The van der Waals surface area contributed by atoms with Crippen LogP contribution in [-0.2, 0) is 27.6 Å². The van der Waals surface area contributed by atoms with Crippen molar-refractivity contribution in [2.45, 2.75) is 43.5 Å². The second-order valence-corrected chi connectivity index (χ2v) is 9.91. The van der Waals surface area contributed by atoms with Gasteiger partial charge in [-0.25, -0.2) is 8.42 Å². The summed E-state index contributed by atoms with van der Waals surface area (Å²) in [6.45, 7) is 3.48. The molecule has 0 bridgehead atoms. The van der Waals surface area contributed by atoms with Gasteiger partial charge in [-0.05, 0) is 73.6 Å². The molecule has 1 atom stereocenters. The first-order valence-corrected chi connectivity index (χ1v) is 12.0. The number of nitrogens with one attached hydrogen (secondary N) is 1. The Balaban J connectivity index is 1.43. The molecule has 1 aliphatic carbocycles. The van der Waals surface area contributed by atoms with Gasteiger partial charge in [0.2, 0.25) is 10.0 Å². The lowest BCUT2D eigenvalue weighted by Crippen LogP contribution is -2.40. The predicted octanol–water partition coefficient (Wildman–Crippen LogP) is 3.08. The highest BCUT2D eigenvalue weighted by Gasteiger charge is 2.26. The number of hydrogen-bond donors (Lipinski definition) is 1. The average Bonchev–Trinajstić information content (AvgIpc) is 2.79. The molecule has 7 heteroatoms. The molecule has 0 aromatic heterocycles. The van der Waals surface area contributed by atoms with Crippen LogP contribution in [0, 0.1) is 0 Å². The van der Waals surface area contributed by atoms with Crippen molar-refractivity contribution in [1.29, 1.82) is 0 Å². The third-order valence-electron chi connectivity index (χ3n) is 5.94. The van der Waals surface area contributed by atoms with Crippen LogP contribution in [0.1, 0.15) is 52.9 Å². The van der Waals surface area contributed by atoms with Gasteiger partial charge in [0, 0.05) is 18.7 Å². The van der Waals surface area contributed by atoms with Crippen molar-refractivity contribution in [3.05, 3.63) is 64.7 Å². The van der Waals surface area contributed by atoms with Crippen LogP contribution >= 0.6 is 0 Å². The van der Waals surface area contributed by atoms with Crippen LogP contribution in [0.15, 0.2) is 47.4 Å². The van der Waals surface area contributed by atoms with E-state index in [0.29, 0.717) is 31.9 Å². The molecular weight excluding hydrogens is 400 g/mol. The second-order valence-electron chi connectivity index (χ2n) is 7.97. The number of amides is 1. The van der Waals surface area contributed by atoms with Crippen LogP contribution in [0.2, 0.25) is 0 Å². The Morgan fingerprint density at radius 1 is 1.00 bits per heavy atom. The van der Waals surface area contributed by atoms with Crippen molar-refractivity contribution in [2.75, 3.05) is 26.3 Å². The Bertz CT molecular complexity index is 1010. The Morgan fingerprint density at radius 2 is 1.67 bits per heavy atom. The Hall–Kier alpha value is -2.22. The summed E-state index contributed by atoms with van der Waals surface area (Å²) in [5.41, 5.74) is 4.34. The molecule has 2 aliphatic rings. The number of sulfonamides is 1. The molecule has 160 valence electrons. The smallest absolute Gasteiger partial charge is 0.251 e. The first kappa shape index (κ1) is 21.0. The number of benzene rings is 2. The van der Waals surface area contributed by atoms with Crippen LogP contribution < -0.4 is 5.32 Å². The maximum atomic E-state index is 12.7. The van der Waals surface area contributed by atoms with E-state index in [-0.39, 0.29) is 16.8 Å². The number of morpholine rings is 1. The van der Waals surface area contributed by atoms with Crippen LogP contribution in [-0.4, -0.2) is 44.9 Å². The van der Waals surface area contributed by atoms with Crippen LogP contribution in [0.5, 0.6) is 0 Å². The summed E-state index contributed by atoms with van der Waals surface area (Å²) in [4.78, 5) is 12.9. The molecule has 0 unspecified atom stereocenters. The first-order chi connectivity index (χ1) is 14.4. The van der Waals surface area contributed by atoms with Gasteiger partial charge < -0.3 is 10.1 Å². The third-order valence-corrected chi connectivity index (χ3v) is 7.86. The van der Waals surface area contributed by atoms with E-state index in [1.807, 2.05) is 6.92 Å². The van der Waals surface area contributed by atoms with Crippen molar-refractivity contribution in [2.24, 2.45) is 0 Å². The van der Waals surface area contributed by atoms with Crippen LogP contribution in [0.25, 0.3) is 0 Å². The van der Waals surface area contributed by atoms with Crippen LogP contribution in [0.3, 0.4) is 0 Å². The van der Waals surface area contributed by atoms with E-state index in [2.05, 4.69) is 23.5 Å². The third kappa shape index (κ3) is 4.43. The number of aryl methyl sites for hydroxylation is 2. The maximum absolute atomic E-state index is 12.7. The van der Waals surface area contributed by atoms with E-state index >= 15 is 0 Å². The summed E-state index contributed by atoms with van der Waals surface area (Å²) in [5.74, 6) is -0.212. The number of nitrogens with zero attached hydrogens (tertiary/aromatic N) is 1. The number of hydrogen-bond acceptors (Lipinski definition) is 4. The fourth-order valence-electron chi connectivity index (χ4n) is 4.10. The summed E-state index contributed by atoms with van der Waals surface area (Å²) in [5, 5.41) is 3.03. The number of fused-ring (bicyclic) bond motifs is 1. The molecule has 1 amide bonds. The van der Waals surface area contributed by atoms with Gasteiger partial charge in [0.15, 0.2) is 0 Å². The van der Waals surface area contributed by atoms with Crippen LogP contribution in [0.4, 0.5) is 0 Å². The van der Waals surface area contributed by atoms with Gasteiger partial charge >= 0.3 is 0 Å². The second kappa shape index (κ2) is 8.88. The van der Waals surface area contributed by atoms with Crippen molar-refractivity contribution < 1.29 is 17.9 Å². The van der Waals surface area contributed by atoms with Gasteiger partial charge in [-0.3, -0.25) is 4.79 Å². The topological polar surface area (TPSA) is 75.7 Å². The lowest BCUT2D eigenvalue weighted by molar-refractivity contribution is 0.0730. The molecule has 0 radical (unpaired) electrons. The van der Waals surface area contributed by atoms with E-state index in [1.165, 1.54) is 40.4 Å². The molecule has 1 fully saturated rings. The largest absolute Gasteiger partial charge is 0.379 e. The lowest BCUT2D eigenvalue weighted by Gasteiger charge is -2.26. The summed E-state index contributed by atoms with van der Waals surface area (Å²) < 4.78 is 32.1. The van der Waals surface area contributed by atoms with Gasteiger partial charge in [0.25, 0.3) is 5.91 Å². The van der Waals surface area contributed by atoms with Gasteiger partial charge in [-0.1, -0.05) is 18.2 Å². The quantitative estimate of drug-likeness (QED) is 0.794. The standard InChI is InChI=1S/C23H28N2O4S/c1-17(20-7-6-18-4-2-3-5-21(18)16-20)24-23(26)19-8-10-22(11-9-19)30(27,28)25-12-14-29-15-13-25/h6-11,16-17H,2-5,12-15H2,1H3,(H,24,26)/t17-/m0/s1. The summed E-state index contributed by atoms with van der Waals surface area (Å²) in [7, 11) is -3.56. The predicted molar refractivity (Wildman–Crippen MR) is 115 cm³/mol. The highest BCUT2D eigenvalue weighted by molar-refractivity contribution is 7.89. The number of ether oxygens (including phenoxy) is 1. The normalized spacial score (nSPS) is 18.4. The zero-order valence-electron chi connectivity index (χ0n) is 17.3. The highest BCUT2D eigenvalue weighted by Crippen LogP contribution is 2.25. The zero-order valence-corrected chi connectivity index (χ0v) is 18.1. The first-order valence-electron chi connectivity index (χ1n) is 10.6. The van der Waals surface area contributed by atoms with Gasteiger partial charge in [0.05, 0.1) is 24.2 Å². The number of carbonyl (C=O) groups excluding carboxylic acids is 1. The zero-order chi connectivity index (χ0) is 21.1. The monoisotopic (exact) mass is 428 g/mol. The highest BCUT2D eigenvalue weighted by atomic mass is 32.2. The van der Waals surface area contributed by atoms with E-state index < -0.39 is 10.0 Å². The molecule has 1 N–H and O–H groups in total. The fraction of sp³-hybridized carbons (Fsp3) is 0.435. The molecule has 1 saturated heterocycles. The van der Waals surface area contributed by atoms with Gasteiger partial charge in [0.1, 0.15) is 0 Å². The molecule has 0 spiro atoms. The van der Waals surface area contributed by atoms with Gasteiger partial charge in [-0.15, -0.1) is 0 Å². The minimum Gasteiger partial charge on any atom is -0.379 e. The minimum atomic E-state index is -3.56. The lowest BCUT2D eigenvalue weighted by atomic mass is 9.89. The molecule has 2 aromatic carbocycles. The SMILES string of the molecule is C[C@H](NC(=O)c1ccc(S(=O)(=O)N2CCOCC2)cc1)c1ccc2c(c1)CCCC2. The molecule has 2 aromatic rings. The number of rotatable bonds is 5. The average molecular weight is 429 g/mol. The molecule has 1 heterocycles. The molecule has 4 rings (SSSR count). The fourth-order valence-corrected chi connectivity index (χ4v) is 5.51. The van der Waals surface area contributed by atoms with Crippen molar-refractivity contribution in [3.63, 3.8) is 0 Å². The molecule has 0 saturated carbocycles. The summed E-state index contributed by atoms with van der Waals surface area (Å²) in [6, 6.07) is 12.5. The Morgan fingerprint density at radius 3 is 2.37 bits per heavy atom. The van der Waals surface area contributed by atoms with Gasteiger partial charge in [-0.2, -0.15) is 4.31 Å². The van der Waals surface area contributed by atoms with Crippen molar-refractivity contribution in [1.82, 2.24) is 9.62 Å². The van der Waals surface area contributed by atoms with E-state index in [0.717, 1.165) is 18.4 Å². The minimum absolute atomic E-state index is 0.124. The van der Waals surface area contributed by atoms with Crippen molar-refractivity contribution >= 4 is 15.9 Å². The summed E-state index contributed by atoms with van der Waals surface area (Å²) in [6.07, 6.45) is 4.70. The van der Waals surface area contributed by atoms with Crippen molar-refractivity contribution in [3.8, 4) is 0 Å². The Kier molecular flexibility index (Phi) is 6.22. The Labute approximate surface area is 178 Å². The maximum Gasteiger partial charge on any atom is 0.251 e. The molecular formula is C23H28N2O4S.